The molecule has 30 heavy (non-hydrogen) atoms. The van der Waals surface area contributed by atoms with Gasteiger partial charge in [0.15, 0.2) is 5.69 Å². The van der Waals surface area contributed by atoms with Crippen molar-refractivity contribution in [2.45, 2.75) is 0 Å². The smallest absolute Gasteiger partial charge is 0.288 e. The van der Waals surface area contributed by atoms with Gasteiger partial charge in [-0.2, -0.15) is 0 Å². The lowest BCUT2D eigenvalue weighted by molar-refractivity contribution is -0.384. The first-order valence-corrected chi connectivity index (χ1v) is 9.65. The van der Waals surface area contributed by atoms with Crippen molar-refractivity contribution in [3.05, 3.63) is 104 Å². The van der Waals surface area contributed by atoms with E-state index in [1.54, 1.807) is 6.07 Å². The molecule has 1 heterocycles. The molecule has 0 spiro atoms. The van der Waals surface area contributed by atoms with Crippen molar-refractivity contribution in [3.8, 4) is 16.9 Å². The number of azo groups is 1. The van der Waals surface area contributed by atoms with Crippen LogP contribution in [0.15, 0.2) is 98.4 Å². The van der Waals surface area contributed by atoms with E-state index in [-0.39, 0.29) is 11.4 Å². The van der Waals surface area contributed by atoms with Gasteiger partial charge in [-0.15, -0.1) is 10.2 Å². The van der Waals surface area contributed by atoms with Crippen LogP contribution in [0.25, 0.3) is 16.9 Å². The molecule has 1 N–H and O–H groups in total. The lowest BCUT2D eigenvalue weighted by atomic mass is 10.1. The minimum Gasteiger partial charge on any atom is -0.288 e. The molecular formula is C21H14BrN5O3. The highest BCUT2D eigenvalue weighted by molar-refractivity contribution is 9.10. The normalized spacial score (nSPS) is 11.1. The van der Waals surface area contributed by atoms with Crippen LogP contribution < -0.4 is 5.56 Å². The van der Waals surface area contributed by atoms with Crippen molar-refractivity contribution in [2.75, 3.05) is 0 Å². The number of halogens is 1. The van der Waals surface area contributed by atoms with Crippen molar-refractivity contribution >= 4 is 33.0 Å². The Morgan fingerprint density at radius 2 is 1.57 bits per heavy atom. The topological polar surface area (TPSA) is 106 Å². The van der Waals surface area contributed by atoms with Gasteiger partial charge in [-0.05, 0) is 40.2 Å². The van der Waals surface area contributed by atoms with E-state index in [1.807, 2.05) is 48.5 Å². The fourth-order valence-electron chi connectivity index (χ4n) is 2.87. The lowest BCUT2D eigenvalue weighted by Gasteiger charge is -2.01. The summed E-state index contributed by atoms with van der Waals surface area (Å²) in [5.41, 5.74) is 1.94. The number of rotatable bonds is 5. The average Bonchev–Trinajstić information content (AvgIpc) is 3.10. The Kier molecular flexibility index (Phi) is 5.36. The fourth-order valence-corrected chi connectivity index (χ4v) is 3.23. The highest BCUT2D eigenvalue weighted by Crippen LogP contribution is 2.30. The highest BCUT2D eigenvalue weighted by atomic mass is 79.9. The molecule has 0 unspecified atom stereocenters. The van der Waals surface area contributed by atoms with Crippen LogP contribution in [0.5, 0.6) is 0 Å². The summed E-state index contributed by atoms with van der Waals surface area (Å²) in [5.74, 6) is 0. The van der Waals surface area contributed by atoms with Crippen LogP contribution in [-0.4, -0.2) is 14.7 Å². The van der Waals surface area contributed by atoms with Crippen LogP contribution in [-0.2, 0) is 0 Å². The molecule has 148 valence electrons. The SMILES string of the molecule is O=c1c(N=Nc2ccccc2Br)c(-c2ccccc2)[nH]n1-c1ccc([N+](=O)[O-])cc1. The Morgan fingerprint density at radius 1 is 0.900 bits per heavy atom. The third-order valence-corrected chi connectivity index (χ3v) is 5.03. The van der Waals surface area contributed by atoms with Gasteiger partial charge < -0.3 is 0 Å². The van der Waals surface area contributed by atoms with E-state index in [4.69, 9.17) is 0 Å². The largest absolute Gasteiger partial charge is 0.299 e. The summed E-state index contributed by atoms with van der Waals surface area (Å²) in [5, 5.41) is 22.4. The molecule has 1 aromatic heterocycles. The van der Waals surface area contributed by atoms with E-state index < -0.39 is 10.5 Å². The summed E-state index contributed by atoms with van der Waals surface area (Å²) in [4.78, 5) is 23.5. The maximum Gasteiger partial charge on any atom is 0.299 e. The van der Waals surface area contributed by atoms with Crippen LogP contribution >= 0.6 is 15.9 Å². The van der Waals surface area contributed by atoms with Gasteiger partial charge >= 0.3 is 0 Å². The zero-order chi connectivity index (χ0) is 21.1. The molecule has 0 amide bonds. The minimum atomic E-state index is -0.492. The van der Waals surface area contributed by atoms with Gasteiger partial charge in [0.05, 0.1) is 22.0 Å². The summed E-state index contributed by atoms with van der Waals surface area (Å²) in [7, 11) is 0. The molecule has 0 aliphatic heterocycles. The maximum absolute atomic E-state index is 13.1. The third-order valence-electron chi connectivity index (χ3n) is 4.36. The molecule has 0 saturated carbocycles. The molecule has 9 heteroatoms. The first-order chi connectivity index (χ1) is 14.5. The van der Waals surface area contributed by atoms with Gasteiger partial charge in [-0.1, -0.05) is 42.5 Å². The molecule has 3 aromatic carbocycles. The van der Waals surface area contributed by atoms with E-state index in [2.05, 4.69) is 31.3 Å². The van der Waals surface area contributed by atoms with Crippen molar-refractivity contribution < 1.29 is 4.92 Å². The Balaban J connectivity index is 1.85. The third kappa shape index (κ3) is 3.83. The number of nitro groups is 1. The molecule has 4 rings (SSSR count). The molecule has 0 saturated heterocycles. The van der Waals surface area contributed by atoms with Crippen LogP contribution in [0, 0.1) is 10.1 Å². The Bertz CT molecular complexity index is 1290. The number of nitro benzene ring substituents is 1. The second-order valence-electron chi connectivity index (χ2n) is 6.27. The number of H-pyrrole nitrogens is 1. The first-order valence-electron chi connectivity index (χ1n) is 8.86. The number of hydrogen-bond donors (Lipinski definition) is 1. The number of nitrogens with zero attached hydrogens (tertiary/aromatic N) is 4. The van der Waals surface area contributed by atoms with Crippen LogP contribution in [0.2, 0.25) is 0 Å². The van der Waals surface area contributed by atoms with E-state index >= 15 is 0 Å². The van der Waals surface area contributed by atoms with Crippen molar-refractivity contribution in [1.82, 2.24) is 9.78 Å². The highest BCUT2D eigenvalue weighted by Gasteiger charge is 2.17. The summed E-state index contributed by atoms with van der Waals surface area (Å²) >= 11 is 3.41. The predicted molar refractivity (Wildman–Crippen MR) is 117 cm³/mol. The molecule has 4 aromatic rings. The van der Waals surface area contributed by atoms with Gasteiger partial charge in [0.1, 0.15) is 0 Å². The van der Waals surface area contributed by atoms with Gasteiger partial charge in [0.2, 0.25) is 0 Å². The number of aromatic amines is 1. The van der Waals surface area contributed by atoms with Crippen LogP contribution in [0.4, 0.5) is 17.1 Å². The predicted octanol–water partition coefficient (Wildman–Crippen LogP) is 5.92. The maximum atomic E-state index is 13.1. The van der Waals surface area contributed by atoms with Crippen molar-refractivity contribution in [2.24, 2.45) is 10.2 Å². The number of hydrogen-bond acceptors (Lipinski definition) is 5. The summed E-state index contributed by atoms with van der Waals surface area (Å²) in [6, 6.07) is 22.2. The first kappa shape index (κ1) is 19.5. The number of benzene rings is 3. The summed E-state index contributed by atoms with van der Waals surface area (Å²) in [6.07, 6.45) is 0. The van der Waals surface area contributed by atoms with Crippen molar-refractivity contribution in [1.29, 1.82) is 0 Å². The van der Waals surface area contributed by atoms with Gasteiger partial charge in [-0.25, -0.2) is 4.68 Å². The van der Waals surface area contributed by atoms with E-state index in [9.17, 15) is 14.9 Å². The lowest BCUT2D eigenvalue weighted by Crippen LogP contribution is -2.13. The van der Waals surface area contributed by atoms with E-state index in [0.29, 0.717) is 17.1 Å². The number of nitrogens with one attached hydrogen (secondary N) is 1. The van der Waals surface area contributed by atoms with Crippen LogP contribution in [0.3, 0.4) is 0 Å². The van der Waals surface area contributed by atoms with Crippen LogP contribution in [0.1, 0.15) is 0 Å². The fraction of sp³-hybridized carbons (Fsp3) is 0. The summed E-state index contributed by atoms with van der Waals surface area (Å²) in [6.45, 7) is 0. The standard InChI is InChI=1S/C21H14BrN5O3/c22-17-8-4-5-9-18(17)23-24-20-19(14-6-2-1-3-7-14)25-26(21(20)28)15-10-12-16(13-11-15)27(29)30/h1-13,25H. The zero-order valence-corrected chi connectivity index (χ0v) is 17.0. The second kappa shape index (κ2) is 8.26. The molecule has 0 atom stereocenters. The average molecular weight is 464 g/mol. The van der Waals surface area contributed by atoms with Crippen molar-refractivity contribution in [3.63, 3.8) is 0 Å². The van der Waals surface area contributed by atoms with E-state index in [1.165, 1.54) is 28.9 Å². The van der Waals surface area contributed by atoms with Gasteiger partial charge in [0, 0.05) is 22.2 Å². The quantitative estimate of drug-likeness (QED) is 0.225. The number of aromatic nitrogens is 2. The molecular weight excluding hydrogens is 450 g/mol. The van der Waals surface area contributed by atoms with Gasteiger partial charge in [-0.3, -0.25) is 20.0 Å². The molecule has 0 aliphatic carbocycles. The molecule has 0 fully saturated rings. The number of non-ortho nitro benzene ring substituents is 1. The second-order valence-corrected chi connectivity index (χ2v) is 7.12. The Labute approximate surface area is 178 Å². The Hall–Kier alpha value is -3.85. The molecule has 0 aliphatic rings. The van der Waals surface area contributed by atoms with Gasteiger partial charge in [0.25, 0.3) is 11.2 Å². The summed E-state index contributed by atoms with van der Waals surface area (Å²) < 4.78 is 2.04. The molecule has 0 radical (unpaired) electrons. The molecule has 0 bridgehead atoms. The molecule has 8 nitrogen and oxygen atoms in total. The Morgan fingerprint density at radius 3 is 2.23 bits per heavy atom. The zero-order valence-electron chi connectivity index (χ0n) is 15.4. The monoisotopic (exact) mass is 463 g/mol. The minimum absolute atomic E-state index is 0.0597. The van der Waals surface area contributed by atoms with E-state index in [0.717, 1.165) is 10.0 Å².